The van der Waals surface area contributed by atoms with E-state index in [0.29, 0.717) is 24.9 Å². The molecule has 1 aliphatic heterocycles. The molecule has 0 saturated carbocycles. The second-order valence-electron chi connectivity index (χ2n) is 4.24. The fourth-order valence-corrected chi connectivity index (χ4v) is 3.80. The van der Waals surface area contributed by atoms with Gasteiger partial charge in [0.2, 0.25) is 5.65 Å². The number of benzene rings is 1. The molecule has 1 unspecified atom stereocenters. The molecular weight excluding hydrogens is 261 g/mol. The summed E-state index contributed by atoms with van der Waals surface area (Å²) in [4.78, 5) is 24.4. The van der Waals surface area contributed by atoms with Crippen molar-refractivity contribution in [2.24, 2.45) is 0 Å². The van der Waals surface area contributed by atoms with E-state index in [4.69, 9.17) is 5.26 Å². The van der Waals surface area contributed by atoms with Gasteiger partial charge in [-0.15, -0.1) is 0 Å². The Bertz CT molecular complexity index is 527. The molecule has 6 heteroatoms. The zero-order valence-corrected chi connectivity index (χ0v) is 11.3. The molecule has 1 atom stereocenters. The summed E-state index contributed by atoms with van der Waals surface area (Å²) in [6.45, 7) is 1.03. The summed E-state index contributed by atoms with van der Waals surface area (Å²) in [6.07, 6.45) is 4.17. The summed E-state index contributed by atoms with van der Waals surface area (Å²) in [6, 6.07) is 7.19. The van der Waals surface area contributed by atoms with E-state index >= 15 is 0 Å². The van der Waals surface area contributed by atoms with Crippen molar-refractivity contribution >= 4 is 19.9 Å². The van der Waals surface area contributed by atoms with Crippen LogP contribution in [0.25, 0.3) is 0 Å². The van der Waals surface area contributed by atoms with Gasteiger partial charge in [-0.25, -0.2) is 0 Å². The van der Waals surface area contributed by atoms with Crippen molar-refractivity contribution in [1.82, 2.24) is 10.2 Å². The number of nitriles is 1. The van der Waals surface area contributed by atoms with Crippen LogP contribution in [-0.4, -0.2) is 35.8 Å². The zero-order valence-electron chi connectivity index (χ0n) is 10.4. The SMILES string of the molecule is N#CN1CCP(C(=O)NCc2ccccc2C=O)C1. The molecule has 0 spiro atoms. The van der Waals surface area contributed by atoms with Crippen molar-refractivity contribution in [2.45, 2.75) is 6.54 Å². The van der Waals surface area contributed by atoms with Gasteiger partial charge in [-0.2, -0.15) is 5.26 Å². The highest BCUT2D eigenvalue weighted by Crippen LogP contribution is 2.41. The van der Waals surface area contributed by atoms with Gasteiger partial charge in [0.05, 0.1) is 6.29 Å². The highest BCUT2D eigenvalue weighted by atomic mass is 31.1. The number of aldehydes is 1. The number of hydrogen-bond acceptors (Lipinski definition) is 4. The smallest absolute Gasteiger partial charge is 0.243 e. The van der Waals surface area contributed by atoms with Gasteiger partial charge in [0.15, 0.2) is 6.19 Å². The number of carbonyl (C=O) groups excluding carboxylic acids is 2. The fourth-order valence-electron chi connectivity index (χ4n) is 1.93. The van der Waals surface area contributed by atoms with Crippen LogP contribution < -0.4 is 5.32 Å². The van der Waals surface area contributed by atoms with Gasteiger partial charge >= 0.3 is 0 Å². The maximum absolute atomic E-state index is 12.0. The van der Waals surface area contributed by atoms with Crippen LogP contribution in [0.4, 0.5) is 4.79 Å². The highest BCUT2D eigenvalue weighted by Gasteiger charge is 2.27. The number of carbonyl (C=O) groups is 2. The van der Waals surface area contributed by atoms with Crippen molar-refractivity contribution in [1.29, 1.82) is 5.26 Å². The molecule has 1 N–H and O–H groups in total. The van der Waals surface area contributed by atoms with E-state index < -0.39 is 7.92 Å². The molecule has 0 radical (unpaired) electrons. The number of nitrogens with zero attached hydrogens (tertiary/aromatic N) is 2. The molecule has 0 aromatic heterocycles. The summed E-state index contributed by atoms with van der Waals surface area (Å²) < 4.78 is 0. The van der Waals surface area contributed by atoms with E-state index in [1.165, 1.54) is 0 Å². The minimum absolute atomic E-state index is 0.00783. The number of rotatable bonds is 4. The Balaban J connectivity index is 1.91. The van der Waals surface area contributed by atoms with Crippen LogP contribution in [0.15, 0.2) is 24.3 Å². The molecule has 1 saturated heterocycles. The largest absolute Gasteiger partial charge is 0.348 e. The second kappa shape index (κ2) is 6.31. The first-order valence-electron chi connectivity index (χ1n) is 5.95. The number of nitrogens with one attached hydrogen (secondary N) is 1. The zero-order chi connectivity index (χ0) is 13.7. The van der Waals surface area contributed by atoms with E-state index in [9.17, 15) is 9.59 Å². The molecule has 2 rings (SSSR count). The minimum Gasteiger partial charge on any atom is -0.348 e. The normalized spacial score (nSPS) is 17.8. The Morgan fingerprint density at radius 2 is 2.32 bits per heavy atom. The van der Waals surface area contributed by atoms with Gasteiger partial charge in [-0.05, 0) is 11.7 Å². The predicted octanol–water partition coefficient (Wildman–Crippen LogP) is 1.94. The van der Waals surface area contributed by atoms with E-state index in [0.717, 1.165) is 18.0 Å². The lowest BCUT2D eigenvalue weighted by Gasteiger charge is -2.11. The molecule has 1 aromatic carbocycles. The molecule has 5 nitrogen and oxygen atoms in total. The third kappa shape index (κ3) is 3.30. The Morgan fingerprint density at radius 1 is 1.53 bits per heavy atom. The van der Waals surface area contributed by atoms with Crippen molar-refractivity contribution in [3.63, 3.8) is 0 Å². The predicted molar refractivity (Wildman–Crippen MR) is 73.0 cm³/mol. The summed E-state index contributed by atoms with van der Waals surface area (Å²) in [5.74, 6) is 0. The molecule has 1 aromatic rings. The lowest BCUT2D eigenvalue weighted by atomic mass is 10.1. The molecule has 0 aliphatic carbocycles. The van der Waals surface area contributed by atoms with Gasteiger partial charge < -0.3 is 10.2 Å². The standard InChI is InChI=1S/C13H14N3O2P/c14-9-16-5-6-19(10-16)13(18)15-7-11-3-1-2-4-12(11)8-17/h1-4,8H,5-7,10H2,(H,15,18). The van der Waals surface area contributed by atoms with Crippen molar-refractivity contribution < 1.29 is 9.59 Å². The lowest BCUT2D eigenvalue weighted by Crippen LogP contribution is -2.21. The lowest BCUT2D eigenvalue weighted by molar-refractivity contribution is 0.112. The topological polar surface area (TPSA) is 73.2 Å². The van der Waals surface area contributed by atoms with E-state index in [1.54, 1.807) is 17.0 Å². The second-order valence-corrected chi connectivity index (χ2v) is 6.46. The van der Waals surface area contributed by atoms with Gasteiger partial charge in [0.25, 0.3) is 0 Å². The van der Waals surface area contributed by atoms with Crippen molar-refractivity contribution in [3.05, 3.63) is 35.4 Å². The number of hydrogen-bond donors (Lipinski definition) is 1. The van der Waals surface area contributed by atoms with Gasteiger partial charge in [-0.1, -0.05) is 24.3 Å². The van der Waals surface area contributed by atoms with Crippen LogP contribution in [-0.2, 0) is 6.54 Å². The highest BCUT2D eigenvalue weighted by molar-refractivity contribution is 7.74. The summed E-state index contributed by atoms with van der Waals surface area (Å²) in [7, 11) is -0.797. The molecule has 1 fully saturated rings. The van der Waals surface area contributed by atoms with Gasteiger partial charge in [-0.3, -0.25) is 9.59 Å². The summed E-state index contributed by atoms with van der Waals surface area (Å²) in [5, 5.41) is 11.6. The third-order valence-corrected chi connectivity index (χ3v) is 5.18. The van der Waals surface area contributed by atoms with Crippen molar-refractivity contribution in [3.8, 4) is 6.19 Å². The first-order chi connectivity index (χ1) is 9.24. The van der Waals surface area contributed by atoms with E-state index in [2.05, 4.69) is 11.5 Å². The molecular formula is C13H14N3O2P. The molecule has 19 heavy (non-hydrogen) atoms. The average molecular weight is 275 g/mol. The van der Waals surface area contributed by atoms with Crippen LogP contribution >= 0.6 is 7.92 Å². The minimum atomic E-state index is -0.797. The maximum Gasteiger partial charge on any atom is 0.243 e. The Morgan fingerprint density at radius 3 is 3.00 bits per heavy atom. The van der Waals surface area contributed by atoms with E-state index in [1.807, 2.05) is 12.1 Å². The monoisotopic (exact) mass is 275 g/mol. The van der Waals surface area contributed by atoms with Gasteiger partial charge in [0, 0.05) is 26.6 Å². The Hall–Kier alpha value is -1.92. The fraction of sp³-hybridized carbons (Fsp3) is 0.308. The molecule has 1 aliphatic rings. The molecule has 1 amide bonds. The van der Waals surface area contributed by atoms with Crippen LogP contribution in [0.2, 0.25) is 0 Å². The first-order valence-corrected chi connectivity index (χ1v) is 7.66. The van der Waals surface area contributed by atoms with Crippen LogP contribution in [0.3, 0.4) is 0 Å². The van der Waals surface area contributed by atoms with Gasteiger partial charge in [0.1, 0.15) is 6.29 Å². The Kier molecular flexibility index (Phi) is 4.48. The van der Waals surface area contributed by atoms with Crippen LogP contribution in [0, 0.1) is 11.5 Å². The summed E-state index contributed by atoms with van der Waals surface area (Å²) in [5.41, 5.74) is 1.42. The molecule has 0 bridgehead atoms. The number of amides is 1. The van der Waals surface area contributed by atoms with Crippen LogP contribution in [0.5, 0.6) is 0 Å². The Labute approximate surface area is 113 Å². The average Bonchev–Trinajstić information content (AvgIpc) is 2.94. The maximum atomic E-state index is 12.0. The third-order valence-electron chi connectivity index (χ3n) is 3.02. The summed E-state index contributed by atoms with van der Waals surface area (Å²) >= 11 is 0. The van der Waals surface area contributed by atoms with E-state index in [-0.39, 0.29) is 5.65 Å². The quantitative estimate of drug-likeness (QED) is 0.518. The van der Waals surface area contributed by atoms with Crippen molar-refractivity contribution in [2.75, 3.05) is 19.0 Å². The first kappa shape index (κ1) is 13.5. The molecule has 98 valence electrons. The molecule has 1 heterocycles. The van der Waals surface area contributed by atoms with Crippen LogP contribution in [0.1, 0.15) is 15.9 Å².